The fourth-order valence-corrected chi connectivity index (χ4v) is 0.600. The van der Waals surface area contributed by atoms with Gasteiger partial charge in [-0.2, -0.15) is 5.26 Å². The van der Waals surface area contributed by atoms with E-state index in [0.717, 1.165) is 0 Å². The Morgan fingerprint density at radius 1 is 1.54 bits per heavy atom. The molecule has 0 aliphatic rings. The summed E-state index contributed by atoms with van der Waals surface area (Å²) in [5.74, 6) is -0.270. The van der Waals surface area contributed by atoms with Crippen molar-refractivity contribution < 1.29 is 14.3 Å². The monoisotopic (exact) mass is 183 g/mol. The zero-order chi connectivity index (χ0) is 9.94. The van der Waals surface area contributed by atoms with E-state index >= 15 is 0 Å². The molecule has 0 atom stereocenters. The van der Waals surface area contributed by atoms with Crippen LogP contribution < -0.4 is 0 Å². The summed E-state index contributed by atoms with van der Waals surface area (Å²) < 4.78 is 9.45. The average molecular weight is 183 g/mol. The molecule has 0 aromatic heterocycles. The van der Waals surface area contributed by atoms with Crippen LogP contribution in [0.25, 0.3) is 0 Å². The molecule has 0 amide bonds. The number of carbonyl (C=O) groups excluding carboxylic acids is 1. The molecule has 0 bridgehead atoms. The standard InChI is InChI=1S/C9H13NO3/c1-12-9(11)5-2-3-7-13-8-4-6-10/h2-3H,4-5,7-8H2,1H3. The molecule has 72 valence electrons. The van der Waals surface area contributed by atoms with Crippen LogP contribution in [0.5, 0.6) is 0 Å². The first-order valence-electron chi connectivity index (χ1n) is 3.97. The first-order valence-corrected chi connectivity index (χ1v) is 3.97. The zero-order valence-corrected chi connectivity index (χ0v) is 7.66. The first-order chi connectivity index (χ1) is 6.31. The van der Waals surface area contributed by atoms with Gasteiger partial charge in [-0.1, -0.05) is 12.2 Å². The molecule has 0 spiro atoms. The second-order valence-corrected chi connectivity index (χ2v) is 2.23. The van der Waals surface area contributed by atoms with Crippen molar-refractivity contribution in [3.8, 4) is 6.07 Å². The highest BCUT2D eigenvalue weighted by Crippen LogP contribution is 1.87. The second-order valence-electron chi connectivity index (χ2n) is 2.23. The number of esters is 1. The van der Waals surface area contributed by atoms with Gasteiger partial charge in [0.15, 0.2) is 0 Å². The third-order valence-corrected chi connectivity index (χ3v) is 1.25. The number of nitriles is 1. The van der Waals surface area contributed by atoms with Crippen LogP contribution in [-0.2, 0) is 14.3 Å². The lowest BCUT2D eigenvalue weighted by Gasteiger charge is -1.95. The van der Waals surface area contributed by atoms with Gasteiger partial charge in [0.25, 0.3) is 0 Å². The van der Waals surface area contributed by atoms with E-state index in [-0.39, 0.29) is 12.4 Å². The maximum Gasteiger partial charge on any atom is 0.309 e. The van der Waals surface area contributed by atoms with Crippen molar-refractivity contribution in [2.75, 3.05) is 20.3 Å². The molecular formula is C9H13NO3. The molecule has 0 fully saturated rings. The predicted molar refractivity (Wildman–Crippen MR) is 46.8 cm³/mol. The van der Waals surface area contributed by atoms with Crippen molar-refractivity contribution >= 4 is 5.97 Å². The van der Waals surface area contributed by atoms with Gasteiger partial charge in [0.1, 0.15) is 0 Å². The molecule has 0 radical (unpaired) electrons. The average Bonchev–Trinajstić information content (AvgIpc) is 2.16. The summed E-state index contributed by atoms with van der Waals surface area (Å²) in [5, 5.41) is 8.16. The molecule has 0 aromatic carbocycles. The highest BCUT2D eigenvalue weighted by Gasteiger charge is 1.92. The lowest BCUT2D eigenvalue weighted by Crippen LogP contribution is -1.97. The van der Waals surface area contributed by atoms with E-state index < -0.39 is 0 Å². The van der Waals surface area contributed by atoms with Gasteiger partial charge in [-0.3, -0.25) is 4.79 Å². The Labute approximate surface area is 77.8 Å². The Hall–Kier alpha value is -1.34. The topological polar surface area (TPSA) is 59.3 Å². The van der Waals surface area contributed by atoms with Gasteiger partial charge in [-0.15, -0.1) is 0 Å². The third-order valence-electron chi connectivity index (χ3n) is 1.25. The lowest BCUT2D eigenvalue weighted by atomic mass is 10.4. The highest BCUT2D eigenvalue weighted by atomic mass is 16.5. The van der Waals surface area contributed by atoms with Crippen molar-refractivity contribution in [1.29, 1.82) is 5.26 Å². The maximum atomic E-state index is 10.6. The Balaban J connectivity index is 3.23. The Bertz CT molecular complexity index is 205. The van der Waals surface area contributed by atoms with Gasteiger partial charge < -0.3 is 9.47 Å². The Kier molecular flexibility index (Phi) is 7.85. The summed E-state index contributed by atoms with van der Waals surface area (Å²) >= 11 is 0. The number of rotatable bonds is 6. The quantitative estimate of drug-likeness (QED) is 0.350. The summed E-state index contributed by atoms with van der Waals surface area (Å²) in [5.41, 5.74) is 0. The minimum Gasteiger partial charge on any atom is -0.469 e. The van der Waals surface area contributed by atoms with Crippen LogP contribution in [-0.4, -0.2) is 26.3 Å². The van der Waals surface area contributed by atoms with Gasteiger partial charge in [0.2, 0.25) is 0 Å². The molecule has 0 heterocycles. The molecule has 0 aliphatic heterocycles. The van der Waals surface area contributed by atoms with Gasteiger partial charge in [0.05, 0.1) is 39.2 Å². The molecule has 0 aromatic rings. The molecule has 4 heteroatoms. The molecule has 13 heavy (non-hydrogen) atoms. The maximum absolute atomic E-state index is 10.6. The minimum atomic E-state index is -0.270. The van der Waals surface area contributed by atoms with Crippen LogP contribution in [0, 0.1) is 11.3 Å². The van der Waals surface area contributed by atoms with E-state index in [9.17, 15) is 4.79 Å². The number of hydrogen-bond acceptors (Lipinski definition) is 4. The SMILES string of the molecule is COC(=O)CC=CCOCCC#N. The van der Waals surface area contributed by atoms with Crippen molar-refractivity contribution in [1.82, 2.24) is 0 Å². The fourth-order valence-electron chi connectivity index (χ4n) is 0.600. The van der Waals surface area contributed by atoms with E-state index in [1.165, 1.54) is 7.11 Å². The van der Waals surface area contributed by atoms with Crippen molar-refractivity contribution in [3.05, 3.63) is 12.2 Å². The van der Waals surface area contributed by atoms with E-state index in [2.05, 4.69) is 4.74 Å². The normalized spacial score (nSPS) is 9.85. The van der Waals surface area contributed by atoms with Crippen LogP contribution in [0.3, 0.4) is 0 Å². The molecule has 4 nitrogen and oxygen atoms in total. The summed E-state index contributed by atoms with van der Waals surface area (Å²) in [7, 11) is 1.35. The molecule has 0 aliphatic carbocycles. The smallest absolute Gasteiger partial charge is 0.309 e. The van der Waals surface area contributed by atoms with Crippen LogP contribution in [0.15, 0.2) is 12.2 Å². The van der Waals surface area contributed by atoms with Crippen LogP contribution in [0.4, 0.5) is 0 Å². The van der Waals surface area contributed by atoms with Gasteiger partial charge in [-0.25, -0.2) is 0 Å². The van der Waals surface area contributed by atoms with Crippen LogP contribution in [0.1, 0.15) is 12.8 Å². The summed E-state index contributed by atoms with van der Waals surface area (Å²) in [4.78, 5) is 10.6. The molecule has 0 saturated carbocycles. The summed E-state index contributed by atoms with van der Waals surface area (Å²) in [6, 6.07) is 1.96. The molecule has 0 N–H and O–H groups in total. The van der Waals surface area contributed by atoms with Gasteiger partial charge >= 0.3 is 5.97 Å². The number of methoxy groups -OCH3 is 1. The van der Waals surface area contributed by atoms with Crippen molar-refractivity contribution in [3.63, 3.8) is 0 Å². The van der Waals surface area contributed by atoms with E-state index in [1.807, 2.05) is 6.07 Å². The Morgan fingerprint density at radius 2 is 2.31 bits per heavy atom. The first kappa shape index (κ1) is 11.7. The number of carbonyl (C=O) groups is 1. The third kappa shape index (κ3) is 8.57. The number of nitrogens with zero attached hydrogens (tertiary/aromatic N) is 1. The molecule has 0 saturated heterocycles. The van der Waals surface area contributed by atoms with Crippen molar-refractivity contribution in [2.24, 2.45) is 0 Å². The number of hydrogen-bond donors (Lipinski definition) is 0. The second kappa shape index (κ2) is 8.75. The molecule has 0 unspecified atom stereocenters. The van der Waals surface area contributed by atoms with E-state index in [4.69, 9.17) is 10.00 Å². The predicted octanol–water partition coefficient (Wildman–Crippen LogP) is 1.04. The largest absolute Gasteiger partial charge is 0.469 e. The minimum absolute atomic E-state index is 0.262. The van der Waals surface area contributed by atoms with Crippen LogP contribution >= 0.6 is 0 Å². The van der Waals surface area contributed by atoms with Gasteiger partial charge in [-0.05, 0) is 0 Å². The molecular weight excluding hydrogens is 170 g/mol. The summed E-state index contributed by atoms with van der Waals surface area (Å²) in [6.07, 6.45) is 4.06. The lowest BCUT2D eigenvalue weighted by molar-refractivity contribution is -0.139. The molecule has 0 rings (SSSR count). The number of ether oxygens (including phenoxy) is 2. The summed E-state index contributed by atoms with van der Waals surface area (Å²) in [6.45, 7) is 0.859. The Morgan fingerprint density at radius 3 is 2.92 bits per heavy atom. The van der Waals surface area contributed by atoms with Crippen LogP contribution in [0.2, 0.25) is 0 Å². The van der Waals surface area contributed by atoms with E-state index in [1.54, 1.807) is 12.2 Å². The highest BCUT2D eigenvalue weighted by molar-refractivity contribution is 5.70. The van der Waals surface area contributed by atoms with Crippen molar-refractivity contribution in [2.45, 2.75) is 12.8 Å². The van der Waals surface area contributed by atoms with E-state index in [0.29, 0.717) is 19.6 Å². The zero-order valence-electron chi connectivity index (χ0n) is 7.66. The fraction of sp³-hybridized carbons (Fsp3) is 0.556. The van der Waals surface area contributed by atoms with Gasteiger partial charge in [0, 0.05) is 0 Å².